The first-order valence-electron chi connectivity index (χ1n) is 13.1. The zero-order valence-corrected chi connectivity index (χ0v) is 22.2. The van der Waals surface area contributed by atoms with Crippen LogP contribution >= 0.6 is 11.3 Å². The molecule has 5 nitrogen and oxygen atoms in total. The van der Waals surface area contributed by atoms with Crippen LogP contribution < -0.4 is 14.8 Å². The predicted octanol–water partition coefficient (Wildman–Crippen LogP) is 6.15. The van der Waals surface area contributed by atoms with E-state index in [1.54, 1.807) is 0 Å². The molecule has 1 saturated heterocycles. The Labute approximate surface area is 223 Å². The molecule has 37 heavy (non-hydrogen) atoms. The van der Waals surface area contributed by atoms with E-state index >= 15 is 0 Å². The molecule has 0 atom stereocenters. The minimum atomic E-state index is -0.0454. The Morgan fingerprint density at radius 3 is 2.30 bits per heavy atom. The van der Waals surface area contributed by atoms with Gasteiger partial charge in [0.05, 0.1) is 6.54 Å². The van der Waals surface area contributed by atoms with E-state index in [1.165, 1.54) is 64.5 Å². The zero-order valence-electron chi connectivity index (χ0n) is 21.4. The number of nitrogens with one attached hydrogen (secondary N) is 1. The SMILES string of the molecule is CC(=O)NCCOc1ccc(-c2sc3ccccc3c2Cc2ccc(OCCN3CCCC3)cc2)cc1. The van der Waals surface area contributed by atoms with Crippen molar-refractivity contribution >= 4 is 27.3 Å². The number of ether oxygens (including phenoxy) is 2. The second-order valence-electron chi connectivity index (χ2n) is 9.48. The van der Waals surface area contributed by atoms with Gasteiger partial charge in [0.1, 0.15) is 24.7 Å². The van der Waals surface area contributed by atoms with Gasteiger partial charge in [0.25, 0.3) is 0 Å². The first-order chi connectivity index (χ1) is 18.2. The summed E-state index contributed by atoms with van der Waals surface area (Å²) in [7, 11) is 0. The van der Waals surface area contributed by atoms with Crippen LogP contribution in [0.25, 0.3) is 20.5 Å². The first kappa shape index (κ1) is 25.3. The lowest BCUT2D eigenvalue weighted by atomic mass is 9.99. The lowest BCUT2D eigenvalue weighted by molar-refractivity contribution is -0.119. The van der Waals surface area contributed by atoms with Crippen LogP contribution in [0.3, 0.4) is 0 Å². The Bertz CT molecular complexity index is 1310. The van der Waals surface area contributed by atoms with Crippen molar-refractivity contribution < 1.29 is 14.3 Å². The average Bonchev–Trinajstić information content (AvgIpc) is 3.56. The molecule has 2 heterocycles. The number of carbonyl (C=O) groups is 1. The molecule has 1 amide bonds. The van der Waals surface area contributed by atoms with Gasteiger partial charge in [-0.2, -0.15) is 0 Å². The number of likely N-dealkylation sites (tertiary alicyclic amines) is 1. The van der Waals surface area contributed by atoms with E-state index in [-0.39, 0.29) is 5.91 Å². The smallest absolute Gasteiger partial charge is 0.216 e. The van der Waals surface area contributed by atoms with Crippen molar-refractivity contribution in [1.29, 1.82) is 0 Å². The Balaban J connectivity index is 1.28. The molecule has 1 aromatic heterocycles. The van der Waals surface area contributed by atoms with Crippen molar-refractivity contribution in [3.63, 3.8) is 0 Å². The molecule has 0 radical (unpaired) electrons. The molecule has 1 N–H and O–H groups in total. The van der Waals surface area contributed by atoms with Crippen LogP contribution in [-0.4, -0.2) is 50.2 Å². The van der Waals surface area contributed by atoms with Crippen molar-refractivity contribution in [2.75, 3.05) is 39.4 Å². The summed E-state index contributed by atoms with van der Waals surface area (Å²) >= 11 is 1.84. The number of benzene rings is 3. The molecule has 192 valence electrons. The number of rotatable bonds is 11. The summed E-state index contributed by atoms with van der Waals surface area (Å²) in [5, 5.41) is 4.06. The third kappa shape index (κ3) is 6.70. The number of hydrogen-bond acceptors (Lipinski definition) is 5. The molecule has 1 fully saturated rings. The molecule has 4 aromatic rings. The summed E-state index contributed by atoms with van der Waals surface area (Å²) in [5.41, 5.74) is 3.81. The highest BCUT2D eigenvalue weighted by Gasteiger charge is 2.15. The Kier molecular flexibility index (Phi) is 8.39. The first-order valence-corrected chi connectivity index (χ1v) is 13.9. The quantitative estimate of drug-likeness (QED) is 0.244. The lowest BCUT2D eigenvalue weighted by Gasteiger charge is -2.15. The highest BCUT2D eigenvalue weighted by Crippen LogP contribution is 2.40. The number of carbonyl (C=O) groups excluding carboxylic acids is 1. The molecule has 5 rings (SSSR count). The van der Waals surface area contributed by atoms with E-state index in [1.807, 2.05) is 23.5 Å². The molecule has 1 aliphatic rings. The van der Waals surface area contributed by atoms with E-state index in [0.29, 0.717) is 13.2 Å². The molecule has 3 aromatic carbocycles. The normalized spacial score (nSPS) is 13.6. The molecule has 0 saturated carbocycles. The van der Waals surface area contributed by atoms with Gasteiger partial charge in [0.2, 0.25) is 5.91 Å². The zero-order chi connectivity index (χ0) is 25.5. The minimum absolute atomic E-state index is 0.0454. The van der Waals surface area contributed by atoms with E-state index < -0.39 is 0 Å². The highest BCUT2D eigenvalue weighted by atomic mass is 32.1. The summed E-state index contributed by atoms with van der Waals surface area (Å²) in [5.74, 6) is 1.69. The predicted molar refractivity (Wildman–Crippen MR) is 152 cm³/mol. The van der Waals surface area contributed by atoms with E-state index in [2.05, 4.69) is 70.9 Å². The van der Waals surface area contributed by atoms with Crippen molar-refractivity contribution in [1.82, 2.24) is 10.2 Å². The van der Waals surface area contributed by atoms with Gasteiger partial charge in [-0.25, -0.2) is 0 Å². The monoisotopic (exact) mass is 514 g/mol. The number of amides is 1. The maximum Gasteiger partial charge on any atom is 0.216 e. The second kappa shape index (κ2) is 12.3. The maximum atomic E-state index is 11.0. The fourth-order valence-electron chi connectivity index (χ4n) is 4.81. The number of fused-ring (bicyclic) bond motifs is 1. The number of nitrogens with zero attached hydrogens (tertiary/aromatic N) is 1. The van der Waals surface area contributed by atoms with Crippen molar-refractivity contribution in [2.45, 2.75) is 26.2 Å². The fourth-order valence-corrected chi connectivity index (χ4v) is 6.04. The largest absolute Gasteiger partial charge is 0.492 e. The third-order valence-electron chi connectivity index (χ3n) is 6.74. The molecule has 0 bridgehead atoms. The highest BCUT2D eigenvalue weighted by molar-refractivity contribution is 7.22. The lowest BCUT2D eigenvalue weighted by Crippen LogP contribution is -2.25. The standard InChI is InChI=1S/C31H34N2O3S/c1-23(34)32-16-20-35-27-14-10-25(11-15-27)31-29(28-6-2-3-7-30(28)37-31)22-24-8-12-26(13-9-24)36-21-19-33-17-4-5-18-33/h2-3,6-15H,4-5,16-22H2,1H3,(H,32,34). The van der Waals surface area contributed by atoms with Gasteiger partial charge in [-0.05, 0) is 96.9 Å². The van der Waals surface area contributed by atoms with Gasteiger partial charge in [0.15, 0.2) is 0 Å². The van der Waals surface area contributed by atoms with E-state index in [9.17, 15) is 4.79 Å². The summed E-state index contributed by atoms with van der Waals surface area (Å²) in [6.45, 7) is 6.61. The van der Waals surface area contributed by atoms with Crippen LogP contribution in [0.2, 0.25) is 0 Å². The van der Waals surface area contributed by atoms with Gasteiger partial charge in [-0.15, -0.1) is 11.3 Å². The van der Waals surface area contributed by atoms with Crippen LogP contribution in [0.1, 0.15) is 30.9 Å². The maximum absolute atomic E-state index is 11.0. The molecular weight excluding hydrogens is 480 g/mol. The Morgan fingerprint density at radius 2 is 1.57 bits per heavy atom. The molecule has 0 unspecified atom stereocenters. The average molecular weight is 515 g/mol. The summed E-state index contributed by atoms with van der Waals surface area (Å²) in [6, 6.07) is 25.5. The third-order valence-corrected chi connectivity index (χ3v) is 8.00. The van der Waals surface area contributed by atoms with Crippen molar-refractivity contribution in [2.24, 2.45) is 0 Å². The van der Waals surface area contributed by atoms with Gasteiger partial charge in [-0.3, -0.25) is 9.69 Å². The summed E-state index contributed by atoms with van der Waals surface area (Å²) in [6.07, 6.45) is 3.49. The van der Waals surface area contributed by atoms with E-state index in [0.717, 1.165) is 31.1 Å². The van der Waals surface area contributed by atoms with Gasteiger partial charge >= 0.3 is 0 Å². The van der Waals surface area contributed by atoms with Crippen LogP contribution in [-0.2, 0) is 11.2 Å². The van der Waals surface area contributed by atoms with Crippen LogP contribution in [0.5, 0.6) is 11.5 Å². The summed E-state index contributed by atoms with van der Waals surface area (Å²) in [4.78, 5) is 14.8. The summed E-state index contributed by atoms with van der Waals surface area (Å²) < 4.78 is 13.1. The van der Waals surface area contributed by atoms with Crippen LogP contribution in [0.15, 0.2) is 72.8 Å². The number of thiophene rings is 1. The molecule has 1 aliphatic heterocycles. The minimum Gasteiger partial charge on any atom is -0.492 e. The van der Waals surface area contributed by atoms with Crippen molar-refractivity contribution in [3.8, 4) is 21.9 Å². The Morgan fingerprint density at radius 1 is 0.892 bits per heavy atom. The van der Waals surface area contributed by atoms with Gasteiger partial charge in [0, 0.05) is 23.0 Å². The Hall–Kier alpha value is -3.35. The molecule has 6 heteroatoms. The molecule has 0 spiro atoms. The van der Waals surface area contributed by atoms with E-state index in [4.69, 9.17) is 9.47 Å². The molecular formula is C31H34N2O3S. The van der Waals surface area contributed by atoms with Gasteiger partial charge < -0.3 is 14.8 Å². The number of hydrogen-bond donors (Lipinski definition) is 1. The van der Waals surface area contributed by atoms with Crippen LogP contribution in [0, 0.1) is 0 Å². The second-order valence-corrected chi connectivity index (χ2v) is 10.5. The topological polar surface area (TPSA) is 50.8 Å². The van der Waals surface area contributed by atoms with Gasteiger partial charge in [-0.1, -0.05) is 30.3 Å². The fraction of sp³-hybridized carbons (Fsp3) is 0.323. The van der Waals surface area contributed by atoms with Crippen molar-refractivity contribution in [3.05, 3.63) is 83.9 Å². The van der Waals surface area contributed by atoms with Crippen LogP contribution in [0.4, 0.5) is 0 Å². The molecule has 0 aliphatic carbocycles.